The molecule has 2 heterocycles. The fraction of sp³-hybridized carbons (Fsp3) is 0.387. The standard InChI is InChI=1S/C31H35N3O4S/c35-29(36)14-17-34(31(38)23-10-11-23)21-22-7-5-8-24(19-22)25-12-13-27(33-15-3-1-2-4-16-33)26(20-25)32-30(37)28-9-6-18-39-28/h5-9,12-13,18-20,23H,1-4,10-11,14-17,21H2,(H,32,37)(H,35,36). The molecule has 2 aromatic carbocycles. The third-order valence-electron chi connectivity index (χ3n) is 7.40. The Bertz CT molecular complexity index is 1310. The fourth-order valence-electron chi connectivity index (χ4n) is 5.15. The predicted octanol–water partition coefficient (Wildman–Crippen LogP) is 6.26. The molecule has 2 aliphatic rings. The number of carboxylic acids is 1. The lowest BCUT2D eigenvalue weighted by Crippen LogP contribution is -2.33. The summed E-state index contributed by atoms with van der Waals surface area (Å²) in [5.41, 5.74) is 4.75. The Kier molecular flexibility index (Phi) is 8.61. The van der Waals surface area contributed by atoms with E-state index in [2.05, 4.69) is 28.4 Å². The van der Waals surface area contributed by atoms with Gasteiger partial charge in [-0.25, -0.2) is 0 Å². The molecule has 7 nitrogen and oxygen atoms in total. The van der Waals surface area contributed by atoms with E-state index in [9.17, 15) is 14.4 Å². The van der Waals surface area contributed by atoms with E-state index in [4.69, 9.17) is 5.11 Å². The largest absolute Gasteiger partial charge is 0.481 e. The van der Waals surface area contributed by atoms with Gasteiger partial charge < -0.3 is 20.2 Å². The quantitative estimate of drug-likeness (QED) is 0.314. The van der Waals surface area contributed by atoms with E-state index < -0.39 is 5.97 Å². The lowest BCUT2D eigenvalue weighted by Gasteiger charge is -2.26. The average Bonchev–Trinajstić information content (AvgIpc) is 3.71. The topological polar surface area (TPSA) is 89.9 Å². The van der Waals surface area contributed by atoms with Crippen molar-refractivity contribution in [2.45, 2.75) is 51.5 Å². The average molecular weight is 546 g/mol. The van der Waals surface area contributed by atoms with E-state index in [0.29, 0.717) is 11.4 Å². The highest BCUT2D eigenvalue weighted by molar-refractivity contribution is 7.12. The molecular weight excluding hydrogens is 510 g/mol. The Morgan fingerprint density at radius 1 is 0.949 bits per heavy atom. The van der Waals surface area contributed by atoms with Crippen LogP contribution in [0.3, 0.4) is 0 Å². The predicted molar refractivity (Wildman–Crippen MR) is 155 cm³/mol. The summed E-state index contributed by atoms with van der Waals surface area (Å²) in [6.07, 6.45) is 6.43. The van der Waals surface area contributed by atoms with Crippen molar-refractivity contribution in [3.8, 4) is 11.1 Å². The molecule has 2 fully saturated rings. The third kappa shape index (κ3) is 7.06. The normalized spacial score (nSPS) is 15.4. The van der Waals surface area contributed by atoms with Gasteiger partial charge in [0.25, 0.3) is 5.91 Å². The van der Waals surface area contributed by atoms with Gasteiger partial charge in [0, 0.05) is 32.1 Å². The summed E-state index contributed by atoms with van der Waals surface area (Å²) in [7, 11) is 0. The molecule has 1 aromatic heterocycles. The van der Waals surface area contributed by atoms with Gasteiger partial charge in [-0.05, 0) is 72.0 Å². The van der Waals surface area contributed by atoms with Crippen molar-refractivity contribution in [2.75, 3.05) is 29.9 Å². The second-order valence-corrected chi connectivity index (χ2v) is 11.4. The zero-order valence-corrected chi connectivity index (χ0v) is 22.9. The maximum absolute atomic E-state index is 13.0. The molecule has 8 heteroatoms. The monoisotopic (exact) mass is 545 g/mol. The van der Waals surface area contributed by atoms with Crippen molar-refractivity contribution in [3.63, 3.8) is 0 Å². The number of nitrogens with zero attached hydrogens (tertiary/aromatic N) is 2. The Hall–Kier alpha value is -3.65. The van der Waals surface area contributed by atoms with Crippen LogP contribution in [0.15, 0.2) is 60.0 Å². The molecule has 5 rings (SSSR count). The van der Waals surface area contributed by atoms with Gasteiger partial charge in [0.2, 0.25) is 5.91 Å². The van der Waals surface area contributed by atoms with Crippen LogP contribution >= 0.6 is 11.3 Å². The molecule has 204 valence electrons. The highest BCUT2D eigenvalue weighted by Crippen LogP contribution is 2.35. The summed E-state index contributed by atoms with van der Waals surface area (Å²) in [6.45, 7) is 2.53. The van der Waals surface area contributed by atoms with Crippen LogP contribution in [0.25, 0.3) is 11.1 Å². The maximum atomic E-state index is 13.0. The second-order valence-electron chi connectivity index (χ2n) is 10.4. The molecule has 0 radical (unpaired) electrons. The van der Waals surface area contributed by atoms with Gasteiger partial charge in [0.15, 0.2) is 0 Å². The zero-order chi connectivity index (χ0) is 27.2. The van der Waals surface area contributed by atoms with Crippen LogP contribution in [0.2, 0.25) is 0 Å². The van der Waals surface area contributed by atoms with Gasteiger partial charge in [0.05, 0.1) is 22.7 Å². The Morgan fingerprint density at radius 3 is 2.41 bits per heavy atom. The molecule has 1 saturated carbocycles. The highest BCUT2D eigenvalue weighted by Gasteiger charge is 2.33. The van der Waals surface area contributed by atoms with E-state index >= 15 is 0 Å². The van der Waals surface area contributed by atoms with Crippen LogP contribution in [0.5, 0.6) is 0 Å². The molecule has 0 unspecified atom stereocenters. The first kappa shape index (κ1) is 26.9. The van der Waals surface area contributed by atoms with Crippen molar-refractivity contribution in [3.05, 3.63) is 70.4 Å². The van der Waals surface area contributed by atoms with Crippen LogP contribution in [-0.2, 0) is 16.1 Å². The van der Waals surface area contributed by atoms with Gasteiger partial charge in [-0.1, -0.05) is 43.2 Å². The van der Waals surface area contributed by atoms with E-state index in [0.717, 1.165) is 66.8 Å². The minimum atomic E-state index is -0.904. The number of carbonyl (C=O) groups excluding carboxylic acids is 2. The van der Waals surface area contributed by atoms with Crippen molar-refractivity contribution in [1.82, 2.24) is 4.90 Å². The number of anilines is 2. The molecule has 0 atom stereocenters. The maximum Gasteiger partial charge on any atom is 0.305 e. The number of carbonyl (C=O) groups is 3. The van der Waals surface area contributed by atoms with Crippen LogP contribution in [0.4, 0.5) is 11.4 Å². The van der Waals surface area contributed by atoms with Crippen molar-refractivity contribution in [2.24, 2.45) is 5.92 Å². The molecule has 1 aliphatic carbocycles. The van der Waals surface area contributed by atoms with Crippen LogP contribution in [0.1, 0.15) is 60.2 Å². The van der Waals surface area contributed by atoms with Gasteiger partial charge in [-0.3, -0.25) is 14.4 Å². The first-order chi connectivity index (χ1) is 19.0. The molecule has 39 heavy (non-hydrogen) atoms. The number of hydrogen-bond acceptors (Lipinski definition) is 5. The number of aliphatic carboxylic acids is 1. The third-order valence-corrected chi connectivity index (χ3v) is 8.27. The number of amides is 2. The number of nitrogens with one attached hydrogen (secondary N) is 1. The number of hydrogen-bond donors (Lipinski definition) is 2. The van der Waals surface area contributed by atoms with Crippen molar-refractivity contribution in [1.29, 1.82) is 0 Å². The lowest BCUT2D eigenvalue weighted by atomic mass is 10.0. The van der Waals surface area contributed by atoms with Gasteiger partial charge in [-0.15, -0.1) is 11.3 Å². The molecular formula is C31H35N3O4S. The van der Waals surface area contributed by atoms with E-state index in [-0.39, 0.29) is 30.7 Å². The Morgan fingerprint density at radius 2 is 1.72 bits per heavy atom. The van der Waals surface area contributed by atoms with Gasteiger partial charge in [-0.2, -0.15) is 0 Å². The number of thiophene rings is 1. The number of carboxylic acid groups (broad SMARTS) is 1. The summed E-state index contributed by atoms with van der Waals surface area (Å²) in [5, 5.41) is 14.2. The lowest BCUT2D eigenvalue weighted by molar-refractivity contribution is -0.139. The molecule has 1 aliphatic heterocycles. The minimum Gasteiger partial charge on any atom is -0.481 e. The van der Waals surface area contributed by atoms with Gasteiger partial charge >= 0.3 is 5.97 Å². The van der Waals surface area contributed by atoms with E-state index in [1.165, 1.54) is 24.2 Å². The fourth-order valence-corrected chi connectivity index (χ4v) is 5.77. The summed E-state index contributed by atoms with van der Waals surface area (Å²) in [6, 6.07) is 18.0. The van der Waals surface area contributed by atoms with Gasteiger partial charge in [0.1, 0.15) is 0 Å². The van der Waals surface area contributed by atoms with Crippen molar-refractivity contribution < 1.29 is 19.5 Å². The minimum absolute atomic E-state index is 0.0306. The zero-order valence-electron chi connectivity index (χ0n) is 22.1. The van der Waals surface area contributed by atoms with E-state index in [1.54, 1.807) is 4.90 Å². The molecule has 2 amide bonds. The Labute approximate surface area is 233 Å². The number of rotatable bonds is 10. The summed E-state index contributed by atoms with van der Waals surface area (Å²) < 4.78 is 0. The van der Waals surface area contributed by atoms with Crippen LogP contribution in [-0.4, -0.2) is 47.4 Å². The van der Waals surface area contributed by atoms with Crippen LogP contribution < -0.4 is 10.2 Å². The first-order valence-corrected chi connectivity index (χ1v) is 14.7. The summed E-state index contributed by atoms with van der Waals surface area (Å²) in [5.74, 6) is -0.941. The second kappa shape index (κ2) is 12.5. The molecule has 0 spiro atoms. The van der Waals surface area contributed by atoms with Crippen molar-refractivity contribution >= 4 is 40.5 Å². The molecule has 2 N–H and O–H groups in total. The SMILES string of the molecule is O=C(O)CCN(Cc1cccc(-c2ccc(N3CCCCCC3)c(NC(=O)c3cccs3)c2)c1)C(=O)C1CC1. The smallest absolute Gasteiger partial charge is 0.305 e. The Balaban J connectivity index is 1.41. The molecule has 3 aromatic rings. The summed E-state index contributed by atoms with van der Waals surface area (Å²) in [4.78, 5) is 41.8. The van der Waals surface area contributed by atoms with Crippen LogP contribution in [0, 0.1) is 5.92 Å². The summed E-state index contributed by atoms with van der Waals surface area (Å²) >= 11 is 1.42. The number of benzene rings is 2. The first-order valence-electron chi connectivity index (χ1n) is 13.8. The van der Waals surface area contributed by atoms with E-state index in [1.807, 2.05) is 41.8 Å². The molecule has 1 saturated heterocycles. The highest BCUT2D eigenvalue weighted by atomic mass is 32.1. The molecule has 0 bridgehead atoms.